The largest absolute Gasteiger partial charge is 0.497 e. The molecule has 0 amide bonds. The zero-order valence-corrected chi connectivity index (χ0v) is 19.5. The summed E-state index contributed by atoms with van der Waals surface area (Å²) in [7, 11) is -2.04. The molecule has 3 rings (SSSR count). The first kappa shape index (κ1) is 23.8. The van der Waals surface area contributed by atoms with Crippen LogP contribution in [0.2, 0.25) is 0 Å². The molecule has 0 aliphatic rings. The van der Waals surface area contributed by atoms with Crippen LogP contribution < -0.4 is 10.1 Å². The molecule has 0 bridgehead atoms. The van der Waals surface area contributed by atoms with Gasteiger partial charge in [0, 0.05) is 17.7 Å². The standard InChI is InChI=1S/C20H23N4O6PS/c1-4-29-31(27,30-5-2)18(14-8-12-17(28-3)13-9-14)21-20-23-22-19(32-20)15-6-10-16(11-7-15)24(25)26/h6-13,18H,4-5H2,1-3H3,(H,21,23). The highest BCUT2D eigenvalue weighted by Crippen LogP contribution is 2.61. The van der Waals surface area contributed by atoms with Crippen molar-refractivity contribution in [1.29, 1.82) is 0 Å². The third kappa shape index (κ3) is 5.49. The van der Waals surface area contributed by atoms with E-state index in [1.54, 1.807) is 57.4 Å². The van der Waals surface area contributed by atoms with Gasteiger partial charge in [-0.1, -0.05) is 23.5 Å². The zero-order valence-electron chi connectivity index (χ0n) is 17.8. The van der Waals surface area contributed by atoms with E-state index < -0.39 is 18.3 Å². The molecule has 1 atom stereocenters. The molecule has 1 heterocycles. The van der Waals surface area contributed by atoms with E-state index in [1.165, 1.54) is 23.5 Å². The Morgan fingerprint density at radius 2 is 1.69 bits per heavy atom. The van der Waals surface area contributed by atoms with Crippen molar-refractivity contribution in [3.8, 4) is 16.3 Å². The van der Waals surface area contributed by atoms with Crippen LogP contribution in [-0.4, -0.2) is 35.4 Å². The molecule has 3 aromatic rings. The minimum atomic E-state index is -3.61. The van der Waals surface area contributed by atoms with Crippen molar-refractivity contribution in [2.24, 2.45) is 0 Å². The number of nitrogens with zero attached hydrogens (tertiary/aromatic N) is 3. The fraction of sp³-hybridized carbons (Fsp3) is 0.300. The van der Waals surface area contributed by atoms with Crippen molar-refractivity contribution in [1.82, 2.24) is 10.2 Å². The monoisotopic (exact) mass is 478 g/mol. The summed E-state index contributed by atoms with van der Waals surface area (Å²) in [4.78, 5) is 10.4. The molecule has 10 nitrogen and oxygen atoms in total. The number of hydrogen-bond donors (Lipinski definition) is 1. The maximum absolute atomic E-state index is 13.6. The number of benzene rings is 2. The second kappa shape index (κ2) is 10.6. The maximum atomic E-state index is 13.6. The third-order valence-electron chi connectivity index (χ3n) is 4.38. The zero-order chi connectivity index (χ0) is 23.1. The third-order valence-corrected chi connectivity index (χ3v) is 7.58. The lowest BCUT2D eigenvalue weighted by molar-refractivity contribution is -0.384. The molecule has 0 saturated heterocycles. The molecular weight excluding hydrogens is 455 g/mol. The summed E-state index contributed by atoms with van der Waals surface area (Å²) < 4.78 is 30.0. The molecule has 170 valence electrons. The van der Waals surface area contributed by atoms with E-state index in [-0.39, 0.29) is 18.9 Å². The maximum Gasteiger partial charge on any atom is 0.357 e. The molecule has 0 aliphatic heterocycles. The Morgan fingerprint density at radius 3 is 2.22 bits per heavy atom. The predicted octanol–water partition coefficient (Wildman–Crippen LogP) is 5.50. The van der Waals surface area contributed by atoms with E-state index in [1.807, 2.05) is 0 Å². The van der Waals surface area contributed by atoms with Crippen molar-refractivity contribution < 1.29 is 23.3 Å². The Balaban J connectivity index is 1.92. The van der Waals surface area contributed by atoms with Crippen molar-refractivity contribution in [3.05, 3.63) is 64.2 Å². The topological polar surface area (TPSA) is 126 Å². The summed E-state index contributed by atoms with van der Waals surface area (Å²) in [6.07, 6.45) is 0. The van der Waals surface area contributed by atoms with Crippen LogP contribution in [0.5, 0.6) is 5.75 Å². The lowest BCUT2D eigenvalue weighted by Gasteiger charge is -2.27. The van der Waals surface area contributed by atoms with E-state index in [2.05, 4.69) is 15.5 Å². The average molecular weight is 478 g/mol. The molecule has 0 aliphatic carbocycles. The van der Waals surface area contributed by atoms with Gasteiger partial charge in [0.1, 0.15) is 10.8 Å². The van der Waals surface area contributed by atoms with Gasteiger partial charge in [0.2, 0.25) is 5.13 Å². The van der Waals surface area contributed by atoms with Crippen molar-refractivity contribution in [3.63, 3.8) is 0 Å². The number of nitro groups is 1. The number of methoxy groups -OCH3 is 1. The van der Waals surface area contributed by atoms with Gasteiger partial charge in [-0.2, -0.15) is 0 Å². The predicted molar refractivity (Wildman–Crippen MR) is 122 cm³/mol. The van der Waals surface area contributed by atoms with Crippen LogP contribution in [0.15, 0.2) is 48.5 Å². The summed E-state index contributed by atoms with van der Waals surface area (Å²) in [5.41, 5.74) is 1.34. The van der Waals surface area contributed by atoms with Crippen molar-refractivity contribution in [2.45, 2.75) is 19.6 Å². The fourth-order valence-electron chi connectivity index (χ4n) is 2.92. The fourth-order valence-corrected chi connectivity index (χ4v) is 5.69. The summed E-state index contributed by atoms with van der Waals surface area (Å²) in [5, 5.41) is 23.3. The van der Waals surface area contributed by atoms with E-state index >= 15 is 0 Å². The van der Waals surface area contributed by atoms with Gasteiger partial charge >= 0.3 is 7.60 Å². The first-order valence-electron chi connectivity index (χ1n) is 9.77. The average Bonchev–Trinajstić information content (AvgIpc) is 3.27. The van der Waals surface area contributed by atoms with Gasteiger partial charge in [-0.15, -0.1) is 10.2 Å². The number of nitro benzene ring substituents is 1. The van der Waals surface area contributed by atoms with Crippen LogP contribution in [0.25, 0.3) is 10.6 Å². The molecule has 1 aromatic heterocycles. The van der Waals surface area contributed by atoms with E-state index in [9.17, 15) is 14.7 Å². The van der Waals surface area contributed by atoms with Crippen LogP contribution in [0.1, 0.15) is 25.2 Å². The normalized spacial score (nSPS) is 12.3. The highest BCUT2D eigenvalue weighted by atomic mass is 32.1. The number of rotatable bonds is 11. The van der Waals surface area contributed by atoms with Crippen molar-refractivity contribution >= 4 is 29.8 Å². The summed E-state index contributed by atoms with van der Waals surface area (Å²) in [6.45, 7) is 3.90. The number of nitrogens with one attached hydrogen (secondary N) is 1. The first-order chi connectivity index (χ1) is 15.4. The van der Waals surface area contributed by atoms with Gasteiger partial charge in [0.15, 0.2) is 5.78 Å². The minimum Gasteiger partial charge on any atom is -0.497 e. The van der Waals surface area contributed by atoms with E-state index in [0.29, 0.717) is 27.0 Å². The van der Waals surface area contributed by atoms with Gasteiger partial charge in [-0.3, -0.25) is 14.7 Å². The molecule has 0 spiro atoms. The molecule has 1 N–H and O–H groups in total. The second-order valence-corrected chi connectivity index (χ2v) is 9.50. The van der Waals surface area contributed by atoms with Crippen LogP contribution in [0, 0.1) is 10.1 Å². The second-order valence-electron chi connectivity index (χ2n) is 6.41. The van der Waals surface area contributed by atoms with Crippen LogP contribution in [0.3, 0.4) is 0 Å². The quantitative estimate of drug-likeness (QED) is 0.216. The highest BCUT2D eigenvalue weighted by Gasteiger charge is 2.38. The summed E-state index contributed by atoms with van der Waals surface area (Å²) >= 11 is 1.22. The minimum absolute atomic E-state index is 0.00875. The van der Waals surface area contributed by atoms with Crippen LogP contribution >= 0.6 is 18.9 Å². The van der Waals surface area contributed by atoms with Gasteiger partial charge in [-0.05, 0) is 43.7 Å². The summed E-state index contributed by atoms with van der Waals surface area (Å²) in [6, 6.07) is 13.1. The van der Waals surface area contributed by atoms with Crippen LogP contribution in [0.4, 0.5) is 10.8 Å². The highest BCUT2D eigenvalue weighted by molar-refractivity contribution is 7.54. The number of anilines is 1. The Morgan fingerprint density at radius 1 is 1.06 bits per heavy atom. The molecule has 1 unspecified atom stereocenters. The van der Waals surface area contributed by atoms with Crippen molar-refractivity contribution in [2.75, 3.05) is 25.6 Å². The Labute approximate surface area is 189 Å². The lowest BCUT2D eigenvalue weighted by Crippen LogP contribution is -2.15. The van der Waals surface area contributed by atoms with Gasteiger partial charge < -0.3 is 19.1 Å². The Bertz CT molecular complexity index is 1080. The van der Waals surface area contributed by atoms with Crippen LogP contribution in [-0.2, 0) is 13.6 Å². The van der Waals surface area contributed by atoms with E-state index in [0.717, 1.165) is 0 Å². The molecule has 2 aromatic carbocycles. The molecule has 32 heavy (non-hydrogen) atoms. The molecule has 0 fully saturated rings. The summed E-state index contributed by atoms with van der Waals surface area (Å²) in [5.74, 6) is -0.169. The molecular formula is C20H23N4O6PS. The number of non-ortho nitro benzene ring substituents is 1. The van der Waals surface area contributed by atoms with Gasteiger partial charge in [-0.25, -0.2) is 0 Å². The molecule has 0 radical (unpaired) electrons. The van der Waals surface area contributed by atoms with E-state index in [4.69, 9.17) is 13.8 Å². The Hall–Kier alpha value is -2.85. The number of hydrogen-bond acceptors (Lipinski definition) is 10. The number of ether oxygens (including phenoxy) is 1. The first-order valence-corrected chi connectivity index (χ1v) is 12.2. The van der Waals surface area contributed by atoms with Gasteiger partial charge in [0.25, 0.3) is 5.69 Å². The Kier molecular flexibility index (Phi) is 7.92. The molecule has 12 heteroatoms. The number of aromatic nitrogens is 2. The molecule has 0 saturated carbocycles. The van der Waals surface area contributed by atoms with Gasteiger partial charge in [0.05, 0.1) is 25.2 Å². The smallest absolute Gasteiger partial charge is 0.357 e. The SMILES string of the molecule is CCOP(=O)(OCC)C(Nc1nnc(-c2ccc([N+](=O)[O-])cc2)s1)c1ccc(OC)cc1. The lowest BCUT2D eigenvalue weighted by atomic mass is 10.2.